The second-order valence-electron chi connectivity index (χ2n) is 3.43. The summed E-state index contributed by atoms with van der Waals surface area (Å²) in [5.74, 6) is -0.354. The Morgan fingerprint density at radius 2 is 1.95 bits per heavy atom. The molecule has 19 heavy (non-hydrogen) atoms. The zero-order valence-electron chi connectivity index (χ0n) is 9.88. The van der Waals surface area contributed by atoms with E-state index in [2.05, 4.69) is 15.5 Å². The van der Waals surface area contributed by atoms with Crippen LogP contribution in [0.25, 0.3) is 0 Å². The maximum atomic E-state index is 11.7. The Balaban J connectivity index is 0.00000180. The highest BCUT2D eigenvalue weighted by atomic mass is 35.5. The van der Waals surface area contributed by atoms with Gasteiger partial charge >= 0.3 is 0 Å². The first-order valence-electron chi connectivity index (χ1n) is 5.26. The quantitative estimate of drug-likeness (QED) is 0.683. The number of nitrogens with zero attached hydrogens (tertiary/aromatic N) is 2. The van der Waals surface area contributed by atoms with Gasteiger partial charge in [-0.2, -0.15) is 5.10 Å². The molecule has 0 radical (unpaired) electrons. The first kappa shape index (κ1) is 14.8. The lowest BCUT2D eigenvalue weighted by atomic mass is 10.2. The molecule has 5 nitrogen and oxygen atoms in total. The maximum absolute atomic E-state index is 11.7. The molecule has 0 aliphatic carbocycles. The normalized spacial score (nSPS) is 9.95. The highest BCUT2D eigenvalue weighted by molar-refractivity contribution is 6.33. The molecule has 98 valence electrons. The molecule has 0 spiro atoms. The molecule has 0 aliphatic rings. The van der Waals surface area contributed by atoms with Crippen LogP contribution in [-0.4, -0.2) is 22.6 Å². The van der Waals surface area contributed by atoms with Crippen molar-refractivity contribution in [3.8, 4) is 0 Å². The topological polar surface area (TPSA) is 85.9 Å². The summed E-state index contributed by atoms with van der Waals surface area (Å²) >= 11 is 5.89. The third-order valence-corrected chi connectivity index (χ3v) is 2.50. The van der Waals surface area contributed by atoms with Gasteiger partial charge in [0.25, 0.3) is 5.91 Å². The Kier molecular flexibility index (Phi) is 5.66. The Hall–Kier alpha value is -2.24. The summed E-state index contributed by atoms with van der Waals surface area (Å²) in [5.41, 5.74) is 3.44. The molecule has 1 aromatic carbocycles. The highest BCUT2D eigenvalue weighted by Crippen LogP contribution is 2.14. The number of nitrogens with one attached hydrogen (secondary N) is 1. The van der Waals surface area contributed by atoms with Crippen molar-refractivity contribution < 1.29 is 10.3 Å². The van der Waals surface area contributed by atoms with E-state index in [9.17, 15) is 4.79 Å². The van der Waals surface area contributed by atoms with E-state index in [1.165, 1.54) is 6.21 Å². The number of hydrazone groups is 1. The molecule has 0 saturated carbocycles. The maximum Gasteiger partial charge on any atom is 0.272 e. The van der Waals surface area contributed by atoms with E-state index >= 15 is 0 Å². The average Bonchev–Trinajstić information content (AvgIpc) is 2.40. The summed E-state index contributed by atoms with van der Waals surface area (Å²) < 4.78 is 0. The molecular weight excluding hydrogens is 266 g/mol. The van der Waals surface area contributed by atoms with Crippen LogP contribution in [0, 0.1) is 0 Å². The smallest absolute Gasteiger partial charge is 0.272 e. The van der Waals surface area contributed by atoms with Crippen molar-refractivity contribution in [3.63, 3.8) is 0 Å². The van der Waals surface area contributed by atoms with Crippen LogP contribution in [0.5, 0.6) is 0 Å². The first-order valence-corrected chi connectivity index (χ1v) is 5.64. The minimum atomic E-state index is -0.354. The number of amides is 1. The monoisotopic (exact) mass is 277 g/mol. The molecule has 6 heteroatoms. The Morgan fingerprint density at radius 1 is 1.21 bits per heavy atom. The SMILES string of the molecule is O.O=C(N/N=C/c1ccccn1)c1ccccc1Cl. The number of carbonyl (C=O) groups excluding carboxylic acids is 1. The molecule has 0 fully saturated rings. The van der Waals surface area contributed by atoms with Crippen LogP contribution in [0.3, 0.4) is 0 Å². The number of benzene rings is 1. The van der Waals surface area contributed by atoms with Crippen molar-refractivity contribution in [1.82, 2.24) is 10.4 Å². The zero-order chi connectivity index (χ0) is 12.8. The molecule has 0 unspecified atom stereocenters. The van der Waals surface area contributed by atoms with Crippen molar-refractivity contribution in [3.05, 3.63) is 64.9 Å². The third kappa shape index (κ3) is 4.17. The van der Waals surface area contributed by atoms with Crippen LogP contribution in [-0.2, 0) is 0 Å². The Morgan fingerprint density at radius 3 is 2.63 bits per heavy atom. The van der Waals surface area contributed by atoms with Crippen LogP contribution in [0.2, 0.25) is 5.02 Å². The van der Waals surface area contributed by atoms with E-state index in [0.717, 1.165) is 0 Å². The van der Waals surface area contributed by atoms with Gasteiger partial charge in [0.05, 0.1) is 22.5 Å². The van der Waals surface area contributed by atoms with Crippen molar-refractivity contribution in [2.45, 2.75) is 0 Å². The summed E-state index contributed by atoms with van der Waals surface area (Å²) in [6, 6.07) is 12.2. The van der Waals surface area contributed by atoms with E-state index in [4.69, 9.17) is 11.6 Å². The molecule has 3 N–H and O–H groups in total. The lowest BCUT2D eigenvalue weighted by Gasteiger charge is -2.01. The molecule has 0 bridgehead atoms. The summed E-state index contributed by atoms with van der Waals surface area (Å²) in [4.78, 5) is 15.8. The Bertz CT molecular complexity index is 573. The van der Waals surface area contributed by atoms with Gasteiger partial charge in [-0.25, -0.2) is 5.43 Å². The minimum absolute atomic E-state index is 0. The molecule has 1 heterocycles. The number of pyridine rings is 1. The van der Waals surface area contributed by atoms with E-state index in [0.29, 0.717) is 16.3 Å². The third-order valence-electron chi connectivity index (χ3n) is 2.17. The molecule has 2 aromatic rings. The van der Waals surface area contributed by atoms with Crippen molar-refractivity contribution in [2.75, 3.05) is 0 Å². The van der Waals surface area contributed by atoms with Gasteiger partial charge in [0.2, 0.25) is 0 Å². The van der Waals surface area contributed by atoms with E-state index in [1.54, 1.807) is 42.6 Å². The van der Waals surface area contributed by atoms with E-state index in [-0.39, 0.29) is 11.4 Å². The molecule has 0 saturated heterocycles. The van der Waals surface area contributed by atoms with Crippen molar-refractivity contribution in [2.24, 2.45) is 5.10 Å². The minimum Gasteiger partial charge on any atom is -0.412 e. The highest BCUT2D eigenvalue weighted by Gasteiger charge is 2.07. The summed E-state index contributed by atoms with van der Waals surface area (Å²) in [6.45, 7) is 0. The fourth-order valence-electron chi connectivity index (χ4n) is 1.31. The van der Waals surface area contributed by atoms with E-state index in [1.807, 2.05) is 6.07 Å². The van der Waals surface area contributed by atoms with Crippen molar-refractivity contribution in [1.29, 1.82) is 0 Å². The van der Waals surface area contributed by atoms with Gasteiger partial charge in [-0.05, 0) is 24.3 Å². The lowest BCUT2D eigenvalue weighted by Crippen LogP contribution is -2.18. The summed E-state index contributed by atoms with van der Waals surface area (Å²) in [7, 11) is 0. The van der Waals surface area contributed by atoms with Crippen LogP contribution in [0.4, 0.5) is 0 Å². The number of rotatable bonds is 3. The van der Waals surface area contributed by atoms with Crippen molar-refractivity contribution >= 4 is 23.7 Å². The first-order chi connectivity index (χ1) is 8.77. The molecule has 2 rings (SSSR count). The van der Waals surface area contributed by atoms with Gasteiger partial charge in [0.1, 0.15) is 0 Å². The van der Waals surface area contributed by atoms with Gasteiger partial charge in [-0.1, -0.05) is 29.8 Å². The zero-order valence-corrected chi connectivity index (χ0v) is 10.6. The lowest BCUT2D eigenvalue weighted by molar-refractivity contribution is 0.0955. The predicted molar refractivity (Wildman–Crippen MR) is 74.4 cm³/mol. The standard InChI is InChI=1S/C13H10ClN3O.H2O/c14-12-7-2-1-6-11(12)13(18)17-16-9-10-5-3-4-8-15-10;/h1-9H,(H,17,18);1H2/b16-9+;. The number of carbonyl (C=O) groups is 1. The molecule has 0 atom stereocenters. The van der Waals surface area contributed by atoms with Crippen LogP contribution >= 0.6 is 11.6 Å². The van der Waals surface area contributed by atoms with Crippen LogP contribution in [0.15, 0.2) is 53.8 Å². The largest absolute Gasteiger partial charge is 0.412 e. The van der Waals surface area contributed by atoms with Crippen LogP contribution in [0.1, 0.15) is 16.1 Å². The number of halogens is 1. The average molecular weight is 278 g/mol. The van der Waals surface area contributed by atoms with Gasteiger partial charge in [0.15, 0.2) is 0 Å². The van der Waals surface area contributed by atoms with Gasteiger partial charge in [-0.15, -0.1) is 0 Å². The molecular formula is C13H12ClN3O2. The number of hydrogen-bond acceptors (Lipinski definition) is 3. The number of hydrogen-bond donors (Lipinski definition) is 1. The summed E-state index contributed by atoms with van der Waals surface area (Å²) in [5, 5.41) is 4.21. The Labute approximate surface area is 115 Å². The van der Waals surface area contributed by atoms with E-state index < -0.39 is 0 Å². The second-order valence-corrected chi connectivity index (χ2v) is 3.84. The molecule has 1 amide bonds. The fourth-order valence-corrected chi connectivity index (χ4v) is 1.54. The predicted octanol–water partition coefficient (Wildman–Crippen LogP) is 1.67. The molecule has 0 aliphatic heterocycles. The van der Waals surface area contributed by atoms with Gasteiger partial charge < -0.3 is 5.48 Å². The molecule has 1 aromatic heterocycles. The van der Waals surface area contributed by atoms with Crippen LogP contribution < -0.4 is 5.43 Å². The van der Waals surface area contributed by atoms with Gasteiger partial charge in [0, 0.05) is 6.20 Å². The number of aromatic nitrogens is 1. The fraction of sp³-hybridized carbons (Fsp3) is 0. The summed E-state index contributed by atoms with van der Waals surface area (Å²) in [6.07, 6.45) is 3.12. The van der Waals surface area contributed by atoms with Gasteiger partial charge in [-0.3, -0.25) is 9.78 Å². The second kappa shape index (κ2) is 7.25.